The Hall–Kier alpha value is -1.08. The van der Waals surface area contributed by atoms with Crippen molar-refractivity contribution in [2.75, 3.05) is 5.73 Å². The highest BCUT2D eigenvalue weighted by Crippen LogP contribution is 2.27. The van der Waals surface area contributed by atoms with Crippen molar-refractivity contribution < 1.29 is 8.42 Å². The van der Waals surface area contributed by atoms with Crippen molar-refractivity contribution in [3.05, 3.63) is 6.20 Å². The molecule has 1 heterocycles. The maximum absolute atomic E-state index is 12.1. The summed E-state index contributed by atoms with van der Waals surface area (Å²) in [4.78, 5) is 0.0418. The molecule has 1 saturated carbocycles. The lowest BCUT2D eigenvalue weighted by Crippen LogP contribution is -2.37. The molecule has 2 rings (SSSR count). The summed E-state index contributed by atoms with van der Waals surface area (Å²) >= 11 is 0. The number of H-pyrrole nitrogens is 1. The van der Waals surface area contributed by atoms with Gasteiger partial charge < -0.3 is 5.73 Å². The monoisotopic (exact) mass is 272 g/mol. The lowest BCUT2D eigenvalue weighted by Gasteiger charge is -2.28. The maximum atomic E-state index is 12.1. The van der Waals surface area contributed by atoms with Crippen LogP contribution in [0.25, 0.3) is 0 Å². The number of nitrogens with two attached hydrogens (primary N) is 1. The van der Waals surface area contributed by atoms with Crippen molar-refractivity contribution in [2.24, 2.45) is 5.92 Å². The van der Waals surface area contributed by atoms with E-state index in [1.807, 2.05) is 0 Å². The second kappa shape index (κ2) is 5.27. The van der Waals surface area contributed by atoms with Gasteiger partial charge in [-0.15, -0.1) is 0 Å². The first-order valence-corrected chi connectivity index (χ1v) is 7.82. The average Bonchev–Trinajstić information content (AvgIpc) is 2.77. The molecule has 1 aliphatic rings. The molecule has 1 aromatic heterocycles. The molecule has 1 aliphatic carbocycles. The van der Waals surface area contributed by atoms with Crippen LogP contribution in [0.2, 0.25) is 0 Å². The molecule has 18 heavy (non-hydrogen) atoms. The van der Waals surface area contributed by atoms with Crippen molar-refractivity contribution in [1.82, 2.24) is 14.9 Å². The van der Waals surface area contributed by atoms with Crippen LogP contribution in [0.4, 0.5) is 5.82 Å². The van der Waals surface area contributed by atoms with Gasteiger partial charge in [-0.05, 0) is 31.6 Å². The summed E-state index contributed by atoms with van der Waals surface area (Å²) in [5, 5.41) is 6.07. The Balaban J connectivity index is 2.00. The quantitative estimate of drug-likeness (QED) is 0.767. The Morgan fingerprint density at radius 2 is 2.11 bits per heavy atom. The molecule has 0 unspecified atom stereocenters. The lowest BCUT2D eigenvalue weighted by molar-refractivity contribution is 0.306. The van der Waals surface area contributed by atoms with Gasteiger partial charge in [0.05, 0.1) is 6.20 Å². The molecule has 0 amide bonds. The molecule has 102 valence electrons. The standard InChI is InChI=1S/C11H20N4O2S/c1-2-8-3-5-9(6-4-8)15-18(16,17)10-7-13-14-11(10)12/h7-9,15H,2-6H2,1H3,(H3,12,13,14). The normalized spacial score (nSPS) is 25.2. The minimum absolute atomic E-state index is 0.0205. The highest BCUT2D eigenvalue weighted by molar-refractivity contribution is 7.89. The van der Waals surface area contributed by atoms with Gasteiger partial charge >= 0.3 is 0 Å². The van der Waals surface area contributed by atoms with Crippen LogP contribution in [0.3, 0.4) is 0 Å². The zero-order valence-electron chi connectivity index (χ0n) is 10.5. The van der Waals surface area contributed by atoms with E-state index in [4.69, 9.17) is 5.73 Å². The van der Waals surface area contributed by atoms with Gasteiger partial charge in [0, 0.05) is 6.04 Å². The van der Waals surface area contributed by atoms with Crippen LogP contribution in [-0.4, -0.2) is 24.7 Å². The van der Waals surface area contributed by atoms with Crippen LogP contribution < -0.4 is 10.5 Å². The zero-order valence-corrected chi connectivity index (χ0v) is 11.3. The van der Waals surface area contributed by atoms with Crippen LogP contribution >= 0.6 is 0 Å². The van der Waals surface area contributed by atoms with E-state index in [1.54, 1.807) is 0 Å². The molecule has 0 aromatic carbocycles. The van der Waals surface area contributed by atoms with Gasteiger partial charge in [-0.25, -0.2) is 13.1 Å². The fraction of sp³-hybridized carbons (Fsp3) is 0.727. The molecule has 0 spiro atoms. The number of nitrogen functional groups attached to an aromatic ring is 1. The average molecular weight is 272 g/mol. The summed E-state index contributed by atoms with van der Waals surface area (Å²) in [7, 11) is -3.54. The minimum atomic E-state index is -3.54. The van der Waals surface area contributed by atoms with E-state index >= 15 is 0 Å². The molecule has 1 aromatic rings. The van der Waals surface area contributed by atoms with Gasteiger partial charge in [0.25, 0.3) is 0 Å². The number of hydrogen-bond acceptors (Lipinski definition) is 4. The van der Waals surface area contributed by atoms with Gasteiger partial charge in [-0.3, -0.25) is 5.10 Å². The van der Waals surface area contributed by atoms with Crippen molar-refractivity contribution >= 4 is 15.8 Å². The Kier molecular flexibility index (Phi) is 3.91. The molecule has 0 atom stereocenters. The van der Waals surface area contributed by atoms with Gasteiger partial charge in [-0.2, -0.15) is 5.10 Å². The van der Waals surface area contributed by atoms with Crippen molar-refractivity contribution in [1.29, 1.82) is 0 Å². The second-order valence-electron chi connectivity index (χ2n) is 4.90. The Bertz CT molecular complexity index is 489. The minimum Gasteiger partial charge on any atom is -0.383 e. The number of anilines is 1. The fourth-order valence-corrected chi connectivity index (χ4v) is 3.80. The maximum Gasteiger partial charge on any atom is 0.246 e. The summed E-state index contributed by atoms with van der Waals surface area (Å²) in [6.45, 7) is 2.18. The Labute approximate surface area is 107 Å². The Morgan fingerprint density at radius 3 is 2.61 bits per heavy atom. The lowest BCUT2D eigenvalue weighted by atomic mass is 9.85. The van der Waals surface area contributed by atoms with Gasteiger partial charge in [0.2, 0.25) is 10.0 Å². The number of sulfonamides is 1. The molecule has 0 aliphatic heterocycles. The van der Waals surface area contributed by atoms with E-state index in [0.717, 1.165) is 31.6 Å². The molecule has 0 saturated heterocycles. The molecule has 0 radical (unpaired) electrons. The van der Waals surface area contributed by atoms with E-state index in [0.29, 0.717) is 0 Å². The molecule has 7 heteroatoms. The Morgan fingerprint density at radius 1 is 1.44 bits per heavy atom. The molecule has 0 bridgehead atoms. The summed E-state index contributed by atoms with van der Waals surface area (Å²) in [6, 6.07) is 0.0205. The topological polar surface area (TPSA) is 101 Å². The van der Waals surface area contributed by atoms with E-state index in [-0.39, 0.29) is 16.8 Å². The third-order valence-corrected chi connectivity index (χ3v) is 5.22. The number of nitrogens with one attached hydrogen (secondary N) is 2. The first-order chi connectivity index (χ1) is 8.53. The predicted octanol–water partition coefficient (Wildman–Crippen LogP) is 1.24. The summed E-state index contributed by atoms with van der Waals surface area (Å²) in [5.74, 6) is 0.828. The van der Waals surface area contributed by atoms with Crippen LogP contribution in [0.5, 0.6) is 0 Å². The van der Waals surface area contributed by atoms with Crippen LogP contribution in [0, 0.1) is 5.92 Å². The van der Waals surface area contributed by atoms with Crippen LogP contribution in [-0.2, 0) is 10.0 Å². The van der Waals surface area contributed by atoms with Crippen LogP contribution in [0.15, 0.2) is 11.1 Å². The van der Waals surface area contributed by atoms with Gasteiger partial charge in [0.1, 0.15) is 10.7 Å². The summed E-state index contributed by atoms with van der Waals surface area (Å²) < 4.78 is 26.9. The van der Waals surface area contributed by atoms with Crippen molar-refractivity contribution in [3.63, 3.8) is 0 Å². The predicted molar refractivity (Wildman–Crippen MR) is 69.4 cm³/mol. The smallest absolute Gasteiger partial charge is 0.246 e. The molecular weight excluding hydrogens is 252 g/mol. The first kappa shape index (κ1) is 13.4. The van der Waals surface area contributed by atoms with E-state index in [9.17, 15) is 8.42 Å². The third kappa shape index (κ3) is 2.84. The number of nitrogens with zero attached hydrogens (tertiary/aromatic N) is 1. The van der Waals surface area contributed by atoms with Crippen molar-refractivity contribution in [2.45, 2.75) is 50.0 Å². The molecule has 4 N–H and O–H groups in total. The van der Waals surface area contributed by atoms with Crippen LogP contribution in [0.1, 0.15) is 39.0 Å². The number of hydrogen-bond donors (Lipinski definition) is 3. The fourth-order valence-electron chi connectivity index (χ4n) is 2.47. The second-order valence-corrected chi connectivity index (χ2v) is 6.58. The van der Waals surface area contributed by atoms with E-state index < -0.39 is 10.0 Å². The summed E-state index contributed by atoms with van der Waals surface area (Å²) in [6.07, 6.45) is 6.39. The molecular formula is C11H20N4O2S. The molecule has 6 nitrogen and oxygen atoms in total. The zero-order chi connectivity index (χ0) is 13.2. The third-order valence-electron chi connectivity index (χ3n) is 3.67. The van der Waals surface area contributed by atoms with E-state index in [2.05, 4.69) is 21.8 Å². The number of aromatic amines is 1. The molecule has 1 fully saturated rings. The largest absolute Gasteiger partial charge is 0.383 e. The number of aromatic nitrogens is 2. The van der Waals surface area contributed by atoms with Crippen molar-refractivity contribution in [3.8, 4) is 0 Å². The highest BCUT2D eigenvalue weighted by atomic mass is 32.2. The van der Waals surface area contributed by atoms with Gasteiger partial charge in [0.15, 0.2) is 0 Å². The summed E-state index contributed by atoms with van der Waals surface area (Å²) in [5.41, 5.74) is 5.54. The first-order valence-electron chi connectivity index (χ1n) is 6.34. The van der Waals surface area contributed by atoms with E-state index in [1.165, 1.54) is 12.6 Å². The van der Waals surface area contributed by atoms with Gasteiger partial charge in [-0.1, -0.05) is 13.3 Å². The SMILES string of the molecule is CCC1CCC(NS(=O)(=O)c2cn[nH]c2N)CC1. The highest BCUT2D eigenvalue weighted by Gasteiger charge is 2.26. The number of rotatable bonds is 4.